The van der Waals surface area contributed by atoms with Crippen LogP contribution in [0.2, 0.25) is 0 Å². The van der Waals surface area contributed by atoms with Crippen LogP contribution < -0.4 is 14.8 Å². The molecule has 0 fully saturated rings. The summed E-state index contributed by atoms with van der Waals surface area (Å²) >= 11 is 3.61. The normalized spacial score (nSPS) is 11.5. The van der Waals surface area contributed by atoms with Gasteiger partial charge in [-0.15, -0.1) is 12.4 Å². The third-order valence-electron chi connectivity index (χ3n) is 4.58. The summed E-state index contributed by atoms with van der Waals surface area (Å²) in [6.45, 7) is 5.67. The van der Waals surface area contributed by atoms with E-state index in [1.54, 1.807) is 12.1 Å². The Morgan fingerprint density at radius 2 is 1.67 bits per heavy atom. The molecule has 0 bridgehead atoms. The van der Waals surface area contributed by atoms with Crippen molar-refractivity contribution in [2.45, 2.75) is 33.0 Å². The Labute approximate surface area is 192 Å². The predicted molar refractivity (Wildman–Crippen MR) is 125 cm³/mol. The van der Waals surface area contributed by atoms with E-state index in [4.69, 9.17) is 9.47 Å². The van der Waals surface area contributed by atoms with Crippen molar-refractivity contribution < 1.29 is 13.9 Å². The summed E-state index contributed by atoms with van der Waals surface area (Å²) in [6.07, 6.45) is 0. The maximum absolute atomic E-state index is 13.1. The molecule has 160 valence electrons. The van der Waals surface area contributed by atoms with E-state index >= 15 is 0 Å². The molecule has 3 aromatic rings. The van der Waals surface area contributed by atoms with E-state index in [9.17, 15) is 4.39 Å². The minimum Gasteiger partial charge on any atom is -0.490 e. The fourth-order valence-corrected chi connectivity index (χ4v) is 3.60. The lowest BCUT2D eigenvalue weighted by atomic mass is 10.1. The molecule has 0 heterocycles. The van der Waals surface area contributed by atoms with Gasteiger partial charge < -0.3 is 14.8 Å². The van der Waals surface area contributed by atoms with E-state index in [1.807, 2.05) is 37.3 Å². The molecular weight excluding hydrogens is 469 g/mol. The highest BCUT2D eigenvalue weighted by Gasteiger charge is 2.14. The van der Waals surface area contributed by atoms with Crippen LogP contribution in [-0.2, 0) is 13.2 Å². The number of rotatable bonds is 9. The molecule has 3 nitrogen and oxygen atoms in total. The van der Waals surface area contributed by atoms with Crippen LogP contribution in [0.25, 0.3) is 0 Å². The second kappa shape index (κ2) is 11.9. The first-order chi connectivity index (χ1) is 14.1. The highest BCUT2D eigenvalue weighted by atomic mass is 79.9. The topological polar surface area (TPSA) is 30.5 Å². The van der Waals surface area contributed by atoms with Crippen LogP contribution in [0.3, 0.4) is 0 Å². The van der Waals surface area contributed by atoms with Gasteiger partial charge in [0.05, 0.1) is 11.1 Å². The van der Waals surface area contributed by atoms with E-state index in [2.05, 4.69) is 40.3 Å². The third-order valence-corrected chi connectivity index (χ3v) is 5.17. The van der Waals surface area contributed by atoms with Gasteiger partial charge in [0.15, 0.2) is 11.5 Å². The van der Waals surface area contributed by atoms with Crippen molar-refractivity contribution in [1.82, 2.24) is 5.32 Å². The first-order valence-electron chi connectivity index (χ1n) is 9.67. The minimum absolute atomic E-state index is 0. The zero-order chi connectivity index (χ0) is 20.6. The second-order valence-electron chi connectivity index (χ2n) is 6.77. The number of benzene rings is 3. The van der Waals surface area contributed by atoms with Gasteiger partial charge in [-0.1, -0.05) is 42.5 Å². The molecule has 30 heavy (non-hydrogen) atoms. The average Bonchev–Trinajstić information content (AvgIpc) is 2.73. The molecule has 0 spiro atoms. The van der Waals surface area contributed by atoms with E-state index in [0.717, 1.165) is 15.6 Å². The number of ether oxygens (including phenoxy) is 2. The molecule has 1 unspecified atom stereocenters. The fraction of sp³-hybridized carbons (Fsp3) is 0.250. The smallest absolute Gasteiger partial charge is 0.175 e. The summed E-state index contributed by atoms with van der Waals surface area (Å²) in [5.41, 5.74) is 3.23. The van der Waals surface area contributed by atoms with Gasteiger partial charge in [-0.25, -0.2) is 4.39 Å². The van der Waals surface area contributed by atoms with Crippen LogP contribution in [0.4, 0.5) is 4.39 Å². The van der Waals surface area contributed by atoms with Crippen molar-refractivity contribution in [2.75, 3.05) is 6.61 Å². The summed E-state index contributed by atoms with van der Waals surface area (Å²) in [4.78, 5) is 0. The van der Waals surface area contributed by atoms with Crippen molar-refractivity contribution in [3.05, 3.63) is 93.7 Å². The van der Waals surface area contributed by atoms with Crippen LogP contribution in [0.5, 0.6) is 11.5 Å². The van der Waals surface area contributed by atoms with Crippen LogP contribution in [-0.4, -0.2) is 6.61 Å². The van der Waals surface area contributed by atoms with E-state index in [1.165, 1.54) is 17.7 Å². The predicted octanol–water partition coefficient (Wildman–Crippen LogP) is 6.84. The number of hydrogen-bond acceptors (Lipinski definition) is 3. The number of hydrogen-bond donors (Lipinski definition) is 1. The molecule has 6 heteroatoms. The van der Waals surface area contributed by atoms with Crippen molar-refractivity contribution >= 4 is 28.3 Å². The minimum atomic E-state index is -0.258. The Morgan fingerprint density at radius 1 is 0.967 bits per heavy atom. The van der Waals surface area contributed by atoms with E-state index in [0.29, 0.717) is 31.3 Å². The van der Waals surface area contributed by atoms with Gasteiger partial charge in [0.1, 0.15) is 12.4 Å². The molecule has 0 aromatic heterocycles. The SMILES string of the molecule is CCOc1cc(CNC(C)c2ccccc2)cc(Br)c1OCc1ccc(F)cc1.Cl. The maximum atomic E-state index is 13.1. The quantitative estimate of drug-likeness (QED) is 0.353. The Hall–Kier alpha value is -2.08. The molecule has 0 radical (unpaired) electrons. The number of halogens is 3. The molecule has 0 saturated carbocycles. The summed E-state index contributed by atoms with van der Waals surface area (Å²) < 4.78 is 25.7. The first kappa shape index (κ1) is 24.2. The summed E-state index contributed by atoms with van der Waals surface area (Å²) in [5, 5.41) is 3.54. The third kappa shape index (κ3) is 6.73. The van der Waals surface area contributed by atoms with E-state index < -0.39 is 0 Å². The lowest BCUT2D eigenvalue weighted by Crippen LogP contribution is -2.18. The molecule has 0 saturated heterocycles. The van der Waals surface area contributed by atoms with Gasteiger partial charge in [0, 0.05) is 12.6 Å². The van der Waals surface area contributed by atoms with E-state index in [-0.39, 0.29) is 24.3 Å². The Morgan fingerprint density at radius 3 is 2.33 bits per heavy atom. The Kier molecular flexibility index (Phi) is 9.63. The van der Waals surface area contributed by atoms with Gasteiger partial charge in [-0.2, -0.15) is 0 Å². The zero-order valence-electron chi connectivity index (χ0n) is 17.0. The van der Waals surface area contributed by atoms with Crippen molar-refractivity contribution in [3.63, 3.8) is 0 Å². The highest BCUT2D eigenvalue weighted by Crippen LogP contribution is 2.37. The van der Waals surface area contributed by atoms with Gasteiger partial charge in [-0.05, 0) is 70.7 Å². The summed E-state index contributed by atoms with van der Waals surface area (Å²) in [7, 11) is 0. The van der Waals surface area contributed by atoms with Gasteiger partial charge in [0.2, 0.25) is 0 Å². The summed E-state index contributed by atoms with van der Waals surface area (Å²) in [6, 6.07) is 20.9. The van der Waals surface area contributed by atoms with Crippen molar-refractivity contribution in [1.29, 1.82) is 0 Å². The number of nitrogens with one attached hydrogen (secondary N) is 1. The molecule has 3 aromatic carbocycles. The largest absolute Gasteiger partial charge is 0.490 e. The van der Waals surface area contributed by atoms with Crippen LogP contribution in [0.15, 0.2) is 71.2 Å². The Balaban J connectivity index is 0.00000320. The van der Waals surface area contributed by atoms with Gasteiger partial charge in [0.25, 0.3) is 0 Å². The second-order valence-corrected chi connectivity index (χ2v) is 7.62. The monoisotopic (exact) mass is 493 g/mol. The molecule has 0 aliphatic rings. The van der Waals surface area contributed by atoms with Crippen LogP contribution in [0, 0.1) is 5.82 Å². The fourth-order valence-electron chi connectivity index (χ4n) is 2.99. The molecule has 3 rings (SSSR count). The highest BCUT2D eigenvalue weighted by molar-refractivity contribution is 9.10. The van der Waals surface area contributed by atoms with Crippen molar-refractivity contribution in [3.8, 4) is 11.5 Å². The van der Waals surface area contributed by atoms with Crippen LogP contribution >= 0.6 is 28.3 Å². The molecule has 1 atom stereocenters. The molecule has 1 N–H and O–H groups in total. The maximum Gasteiger partial charge on any atom is 0.175 e. The molecule has 0 aliphatic heterocycles. The lowest BCUT2D eigenvalue weighted by Gasteiger charge is -2.18. The molecule has 0 aliphatic carbocycles. The zero-order valence-corrected chi connectivity index (χ0v) is 19.4. The van der Waals surface area contributed by atoms with Crippen LogP contribution in [0.1, 0.15) is 36.6 Å². The summed E-state index contributed by atoms with van der Waals surface area (Å²) in [5.74, 6) is 1.08. The van der Waals surface area contributed by atoms with Crippen molar-refractivity contribution in [2.24, 2.45) is 0 Å². The Bertz CT molecular complexity index is 922. The first-order valence-corrected chi connectivity index (χ1v) is 10.5. The molecular formula is C24H26BrClFNO2. The average molecular weight is 495 g/mol. The van der Waals surface area contributed by atoms with Gasteiger partial charge in [-0.3, -0.25) is 0 Å². The van der Waals surface area contributed by atoms with Gasteiger partial charge >= 0.3 is 0 Å². The lowest BCUT2D eigenvalue weighted by molar-refractivity contribution is 0.267. The standard InChI is InChI=1S/C24H25BrFNO2.ClH/c1-3-28-23-14-19(15-27-17(2)20-7-5-4-6-8-20)13-22(25)24(23)29-16-18-9-11-21(26)12-10-18;/h4-14,17,27H,3,15-16H2,1-2H3;1H. The molecule has 0 amide bonds.